The van der Waals surface area contributed by atoms with Gasteiger partial charge in [0.15, 0.2) is 17.4 Å². The summed E-state index contributed by atoms with van der Waals surface area (Å²) in [5.74, 6) is -1.51. The molecule has 1 aliphatic rings. The molecule has 0 aromatic heterocycles. The van der Waals surface area contributed by atoms with E-state index in [2.05, 4.69) is 15.9 Å². The van der Waals surface area contributed by atoms with Crippen LogP contribution in [-0.4, -0.2) is 11.9 Å². The van der Waals surface area contributed by atoms with Gasteiger partial charge in [-0.2, -0.15) is 0 Å². The summed E-state index contributed by atoms with van der Waals surface area (Å²) < 4.78 is 32.3. The zero-order chi connectivity index (χ0) is 13.0. The Morgan fingerprint density at radius 2 is 1.72 bits per heavy atom. The molecule has 1 aromatic carbocycles. The largest absolute Gasteiger partial charge is 0.487 e. The van der Waals surface area contributed by atoms with Gasteiger partial charge in [-0.05, 0) is 25.0 Å². The number of benzene rings is 1. The summed E-state index contributed by atoms with van der Waals surface area (Å²) in [6.07, 6.45) is 5.66. The normalized spacial score (nSPS) is 18.6. The van der Waals surface area contributed by atoms with Crippen molar-refractivity contribution in [1.82, 2.24) is 0 Å². The van der Waals surface area contributed by atoms with Gasteiger partial charge in [0.05, 0.1) is 6.61 Å². The SMILES string of the molecule is Fc1cccc(F)c1OCC1(CBr)CCCCC1. The molecule has 0 spiro atoms. The molecule has 1 nitrogen and oxygen atoms in total. The number of hydrogen-bond acceptors (Lipinski definition) is 1. The second-order valence-corrected chi connectivity index (χ2v) is 5.59. The first kappa shape index (κ1) is 13.8. The molecule has 0 N–H and O–H groups in total. The minimum atomic E-state index is -0.629. The lowest BCUT2D eigenvalue weighted by molar-refractivity contribution is 0.115. The average Bonchev–Trinajstić information content (AvgIpc) is 2.39. The van der Waals surface area contributed by atoms with Crippen LogP contribution in [0.25, 0.3) is 0 Å². The first-order valence-corrected chi connectivity index (χ1v) is 7.42. The van der Waals surface area contributed by atoms with Crippen LogP contribution < -0.4 is 4.74 Å². The number of hydrogen-bond donors (Lipinski definition) is 0. The number of para-hydroxylation sites is 1. The van der Waals surface area contributed by atoms with E-state index in [0.717, 1.165) is 31.0 Å². The van der Waals surface area contributed by atoms with Crippen LogP contribution in [0.4, 0.5) is 8.78 Å². The quantitative estimate of drug-likeness (QED) is 0.732. The monoisotopic (exact) mass is 318 g/mol. The Balaban J connectivity index is 2.05. The van der Waals surface area contributed by atoms with Crippen LogP contribution in [0.3, 0.4) is 0 Å². The van der Waals surface area contributed by atoms with Gasteiger partial charge < -0.3 is 4.74 Å². The van der Waals surface area contributed by atoms with Gasteiger partial charge in [0, 0.05) is 10.7 Å². The lowest BCUT2D eigenvalue weighted by atomic mass is 9.76. The molecular formula is C14H17BrF2O. The van der Waals surface area contributed by atoms with E-state index in [1.54, 1.807) is 0 Å². The molecule has 0 radical (unpaired) electrons. The maximum Gasteiger partial charge on any atom is 0.190 e. The van der Waals surface area contributed by atoms with Gasteiger partial charge in [0.2, 0.25) is 0 Å². The molecule has 0 atom stereocenters. The van der Waals surface area contributed by atoms with Crippen LogP contribution in [0.5, 0.6) is 5.75 Å². The van der Waals surface area contributed by atoms with E-state index in [4.69, 9.17) is 4.74 Å². The van der Waals surface area contributed by atoms with E-state index in [0.29, 0.717) is 6.61 Å². The third-order valence-corrected chi connectivity index (χ3v) is 4.83. The van der Waals surface area contributed by atoms with Gasteiger partial charge in [-0.25, -0.2) is 8.78 Å². The Bertz CT molecular complexity index is 383. The fraction of sp³-hybridized carbons (Fsp3) is 0.571. The van der Waals surface area contributed by atoms with Crippen LogP contribution in [0.15, 0.2) is 18.2 Å². The molecule has 0 aliphatic heterocycles. The van der Waals surface area contributed by atoms with Crippen LogP contribution in [0.2, 0.25) is 0 Å². The minimum Gasteiger partial charge on any atom is -0.487 e. The maximum absolute atomic E-state index is 13.5. The van der Waals surface area contributed by atoms with Crippen molar-refractivity contribution in [1.29, 1.82) is 0 Å². The second-order valence-electron chi connectivity index (χ2n) is 5.03. The van der Waals surface area contributed by atoms with E-state index in [1.807, 2.05) is 0 Å². The molecule has 1 aromatic rings. The Morgan fingerprint density at radius 3 is 2.28 bits per heavy atom. The molecule has 1 aliphatic carbocycles. The molecular weight excluding hydrogens is 302 g/mol. The van der Waals surface area contributed by atoms with Gasteiger partial charge in [-0.1, -0.05) is 41.3 Å². The van der Waals surface area contributed by atoms with E-state index in [-0.39, 0.29) is 11.2 Å². The smallest absolute Gasteiger partial charge is 0.190 e. The first-order chi connectivity index (χ1) is 8.67. The van der Waals surface area contributed by atoms with Crippen LogP contribution >= 0.6 is 15.9 Å². The Hall–Kier alpha value is -0.640. The molecule has 0 saturated heterocycles. The number of alkyl halides is 1. The third kappa shape index (κ3) is 3.02. The zero-order valence-electron chi connectivity index (χ0n) is 10.2. The number of rotatable bonds is 4. The standard InChI is InChI=1S/C14H17BrF2O/c15-9-14(7-2-1-3-8-14)10-18-13-11(16)5-4-6-12(13)17/h4-6H,1-3,7-10H2. The molecule has 0 unspecified atom stereocenters. The molecule has 1 fully saturated rings. The van der Waals surface area contributed by atoms with Crippen molar-refractivity contribution < 1.29 is 13.5 Å². The predicted molar refractivity (Wildman–Crippen MR) is 71.2 cm³/mol. The van der Waals surface area contributed by atoms with Crippen LogP contribution in [-0.2, 0) is 0 Å². The fourth-order valence-electron chi connectivity index (χ4n) is 2.46. The highest BCUT2D eigenvalue weighted by Crippen LogP contribution is 2.38. The van der Waals surface area contributed by atoms with Crippen molar-refractivity contribution in [3.63, 3.8) is 0 Å². The predicted octanol–water partition coefficient (Wildman–Crippen LogP) is 4.69. The summed E-state index contributed by atoms with van der Waals surface area (Å²) in [5, 5.41) is 0.816. The van der Waals surface area contributed by atoms with Crippen molar-refractivity contribution >= 4 is 15.9 Å². The van der Waals surface area contributed by atoms with Crippen molar-refractivity contribution in [2.75, 3.05) is 11.9 Å². The highest BCUT2D eigenvalue weighted by Gasteiger charge is 2.32. The summed E-state index contributed by atoms with van der Waals surface area (Å²) >= 11 is 3.51. The molecule has 0 heterocycles. The van der Waals surface area contributed by atoms with Gasteiger partial charge in [-0.3, -0.25) is 0 Å². The molecule has 100 valence electrons. The molecule has 2 rings (SSSR count). The summed E-state index contributed by atoms with van der Waals surface area (Å²) in [6, 6.07) is 3.79. The summed E-state index contributed by atoms with van der Waals surface area (Å²) in [4.78, 5) is 0. The Morgan fingerprint density at radius 1 is 1.11 bits per heavy atom. The number of ether oxygens (including phenoxy) is 1. The minimum absolute atomic E-state index is 0.0208. The van der Waals surface area contributed by atoms with Crippen molar-refractivity contribution in [3.05, 3.63) is 29.8 Å². The van der Waals surface area contributed by atoms with Crippen LogP contribution in [0.1, 0.15) is 32.1 Å². The summed E-state index contributed by atoms with van der Waals surface area (Å²) in [7, 11) is 0. The van der Waals surface area contributed by atoms with Crippen molar-refractivity contribution in [2.45, 2.75) is 32.1 Å². The van der Waals surface area contributed by atoms with Gasteiger partial charge in [0.1, 0.15) is 0 Å². The molecule has 4 heteroatoms. The van der Waals surface area contributed by atoms with Gasteiger partial charge in [0.25, 0.3) is 0 Å². The molecule has 0 bridgehead atoms. The second kappa shape index (κ2) is 6.00. The Kier molecular flexibility index (Phi) is 4.60. The molecule has 1 saturated carbocycles. The third-order valence-electron chi connectivity index (χ3n) is 3.64. The Labute approximate surface area is 115 Å². The maximum atomic E-state index is 13.5. The summed E-state index contributed by atoms with van der Waals surface area (Å²) in [6.45, 7) is 0.371. The summed E-state index contributed by atoms with van der Waals surface area (Å²) in [5.41, 5.74) is 0.0208. The fourth-order valence-corrected chi connectivity index (χ4v) is 3.19. The van der Waals surface area contributed by atoms with E-state index in [9.17, 15) is 8.78 Å². The van der Waals surface area contributed by atoms with E-state index >= 15 is 0 Å². The van der Waals surface area contributed by atoms with E-state index in [1.165, 1.54) is 24.6 Å². The topological polar surface area (TPSA) is 9.23 Å². The molecule has 0 amide bonds. The van der Waals surface area contributed by atoms with Gasteiger partial charge >= 0.3 is 0 Å². The van der Waals surface area contributed by atoms with Crippen molar-refractivity contribution in [2.24, 2.45) is 5.41 Å². The van der Waals surface area contributed by atoms with Crippen molar-refractivity contribution in [3.8, 4) is 5.75 Å². The first-order valence-electron chi connectivity index (χ1n) is 6.30. The highest BCUT2D eigenvalue weighted by molar-refractivity contribution is 9.09. The van der Waals surface area contributed by atoms with Gasteiger partial charge in [-0.15, -0.1) is 0 Å². The average molecular weight is 319 g/mol. The van der Waals surface area contributed by atoms with E-state index < -0.39 is 11.6 Å². The number of halogens is 3. The zero-order valence-corrected chi connectivity index (χ0v) is 11.8. The molecule has 18 heavy (non-hydrogen) atoms. The van der Waals surface area contributed by atoms with Crippen LogP contribution in [0, 0.1) is 17.0 Å². The lowest BCUT2D eigenvalue weighted by Crippen LogP contribution is -2.33. The lowest BCUT2D eigenvalue weighted by Gasteiger charge is -2.35. The highest BCUT2D eigenvalue weighted by atomic mass is 79.9.